The lowest BCUT2D eigenvalue weighted by Gasteiger charge is -2.48. The minimum atomic E-state index is -0.355. The smallest absolute Gasteiger partial charge is 0.308 e. The molecule has 0 radical (unpaired) electrons. The Morgan fingerprint density at radius 2 is 1.54 bits per heavy atom. The van der Waals surface area contributed by atoms with E-state index in [1.807, 2.05) is 0 Å². The van der Waals surface area contributed by atoms with E-state index in [1.54, 1.807) is 0 Å². The van der Waals surface area contributed by atoms with Crippen molar-refractivity contribution in [2.75, 3.05) is 6.61 Å². The Kier molecular flexibility index (Phi) is 8.64. The second kappa shape index (κ2) is 9.57. The van der Waals surface area contributed by atoms with Crippen molar-refractivity contribution in [3.8, 4) is 0 Å². The Bertz CT molecular complexity index is 406. The molecule has 0 heterocycles. The molecule has 0 aromatic heterocycles. The van der Waals surface area contributed by atoms with Crippen LogP contribution in [0.2, 0.25) is 0 Å². The summed E-state index contributed by atoms with van der Waals surface area (Å²) in [6, 6.07) is 0. The van der Waals surface area contributed by atoms with E-state index in [0.717, 1.165) is 25.7 Å². The molecule has 0 amide bonds. The Hall–Kier alpha value is -0.570. The minimum absolute atomic E-state index is 0.0189. The van der Waals surface area contributed by atoms with Crippen LogP contribution in [0.15, 0.2) is 0 Å². The van der Waals surface area contributed by atoms with Gasteiger partial charge in [0.05, 0.1) is 18.6 Å². The highest BCUT2D eigenvalue weighted by atomic mass is 16.5. The fraction of sp³-hybridized carbons (Fsp3) is 0.957. The monoisotopic (exact) mass is 368 g/mol. The second-order valence-corrected chi connectivity index (χ2v) is 10.7. The fourth-order valence-corrected chi connectivity index (χ4v) is 4.41. The third-order valence-corrected chi connectivity index (χ3v) is 6.46. The molecule has 3 nitrogen and oxygen atoms in total. The predicted molar refractivity (Wildman–Crippen MR) is 109 cm³/mol. The van der Waals surface area contributed by atoms with E-state index < -0.39 is 0 Å². The van der Waals surface area contributed by atoms with Crippen molar-refractivity contribution >= 4 is 5.97 Å². The third-order valence-electron chi connectivity index (χ3n) is 6.46. The summed E-state index contributed by atoms with van der Waals surface area (Å²) in [5, 5.41) is 11.0. The van der Waals surface area contributed by atoms with Crippen LogP contribution >= 0.6 is 0 Å². The Morgan fingerprint density at radius 1 is 1.04 bits per heavy atom. The number of hydrogen-bond acceptors (Lipinski definition) is 3. The number of aliphatic hydroxyl groups is 1. The first-order valence-corrected chi connectivity index (χ1v) is 10.8. The topological polar surface area (TPSA) is 46.5 Å². The van der Waals surface area contributed by atoms with Crippen molar-refractivity contribution in [2.45, 2.75) is 100 Å². The highest BCUT2D eigenvalue weighted by Crippen LogP contribution is 2.48. The van der Waals surface area contributed by atoms with E-state index >= 15 is 0 Å². The van der Waals surface area contributed by atoms with Crippen molar-refractivity contribution in [1.29, 1.82) is 0 Å². The van der Waals surface area contributed by atoms with Crippen LogP contribution in [-0.4, -0.2) is 23.8 Å². The zero-order valence-electron chi connectivity index (χ0n) is 18.6. The molecule has 1 aliphatic carbocycles. The Balaban J connectivity index is 2.81. The zero-order chi connectivity index (χ0) is 20.1. The number of rotatable bonds is 7. The lowest BCUT2D eigenvalue weighted by atomic mass is 9.58. The molecule has 0 aromatic rings. The average molecular weight is 369 g/mol. The maximum absolute atomic E-state index is 12.8. The highest BCUT2D eigenvalue weighted by Gasteiger charge is 2.48. The first kappa shape index (κ1) is 23.5. The Labute approximate surface area is 162 Å². The number of aliphatic hydroxyl groups excluding tert-OH is 1. The summed E-state index contributed by atoms with van der Waals surface area (Å²) in [7, 11) is 0. The van der Waals surface area contributed by atoms with Gasteiger partial charge in [-0.2, -0.15) is 0 Å². The third kappa shape index (κ3) is 6.55. The summed E-state index contributed by atoms with van der Waals surface area (Å²) in [6.07, 6.45) is 5.70. The lowest BCUT2D eigenvalue weighted by molar-refractivity contribution is -0.159. The molecule has 0 bridgehead atoms. The standard InChI is InChI=1S/C23H44O3/c1-9-11-12-16(10-2)15-26-21(25)17-13-18(22(3,4)5)20(24)19(14-17)23(6,7)8/h16-20,24H,9-15H2,1-8H3. The van der Waals surface area contributed by atoms with E-state index in [-0.39, 0.29) is 40.7 Å². The zero-order valence-corrected chi connectivity index (χ0v) is 18.6. The van der Waals surface area contributed by atoms with Crippen LogP contribution in [0.4, 0.5) is 0 Å². The first-order chi connectivity index (χ1) is 11.9. The predicted octanol–water partition coefficient (Wildman–Crippen LogP) is 5.84. The summed E-state index contributed by atoms with van der Waals surface area (Å²) in [5.41, 5.74) is -0.0378. The maximum Gasteiger partial charge on any atom is 0.308 e. The number of unbranched alkanes of at least 4 members (excludes halogenated alkanes) is 1. The molecule has 26 heavy (non-hydrogen) atoms. The first-order valence-electron chi connectivity index (χ1n) is 10.8. The molecule has 0 spiro atoms. The number of carbonyl (C=O) groups is 1. The van der Waals surface area contributed by atoms with Crippen molar-refractivity contribution in [3.05, 3.63) is 0 Å². The molecular formula is C23H44O3. The van der Waals surface area contributed by atoms with Gasteiger partial charge in [-0.05, 0) is 47.8 Å². The highest BCUT2D eigenvalue weighted by molar-refractivity contribution is 5.72. The van der Waals surface area contributed by atoms with Gasteiger partial charge in [0.2, 0.25) is 0 Å². The number of hydrogen-bond donors (Lipinski definition) is 1. The summed E-state index contributed by atoms with van der Waals surface area (Å²) in [5.74, 6) is 0.593. The van der Waals surface area contributed by atoms with Gasteiger partial charge in [0.1, 0.15) is 0 Å². The molecule has 154 valence electrons. The van der Waals surface area contributed by atoms with Crippen LogP contribution in [0, 0.1) is 34.5 Å². The quantitative estimate of drug-likeness (QED) is 0.574. The van der Waals surface area contributed by atoms with Crippen LogP contribution in [0.25, 0.3) is 0 Å². The number of carbonyl (C=O) groups excluding carboxylic acids is 1. The van der Waals surface area contributed by atoms with E-state index in [9.17, 15) is 9.90 Å². The molecule has 0 aromatic carbocycles. The van der Waals surface area contributed by atoms with E-state index in [2.05, 4.69) is 55.4 Å². The summed E-state index contributed by atoms with van der Waals surface area (Å²) < 4.78 is 5.77. The molecule has 3 unspecified atom stereocenters. The molecule has 1 saturated carbocycles. The van der Waals surface area contributed by atoms with Gasteiger partial charge in [0.15, 0.2) is 0 Å². The SMILES string of the molecule is CCCCC(CC)COC(=O)C1CC(C(C)(C)C)C(O)C(C(C)(C)C)C1. The molecular weight excluding hydrogens is 324 g/mol. The van der Waals surface area contributed by atoms with Crippen molar-refractivity contribution < 1.29 is 14.6 Å². The van der Waals surface area contributed by atoms with Gasteiger partial charge in [0.25, 0.3) is 0 Å². The molecule has 1 N–H and O–H groups in total. The molecule has 0 aliphatic heterocycles. The number of esters is 1. The minimum Gasteiger partial charge on any atom is -0.465 e. The van der Waals surface area contributed by atoms with Gasteiger partial charge < -0.3 is 9.84 Å². The van der Waals surface area contributed by atoms with Gasteiger partial charge in [-0.25, -0.2) is 0 Å². The summed E-state index contributed by atoms with van der Waals surface area (Å²) in [4.78, 5) is 12.8. The van der Waals surface area contributed by atoms with E-state index in [1.165, 1.54) is 12.8 Å². The van der Waals surface area contributed by atoms with Crippen molar-refractivity contribution in [2.24, 2.45) is 34.5 Å². The van der Waals surface area contributed by atoms with Gasteiger partial charge in [-0.1, -0.05) is 74.7 Å². The van der Waals surface area contributed by atoms with E-state index in [0.29, 0.717) is 12.5 Å². The molecule has 1 aliphatic rings. The lowest BCUT2D eigenvalue weighted by Crippen LogP contribution is -2.49. The molecule has 0 saturated heterocycles. The summed E-state index contributed by atoms with van der Waals surface area (Å²) >= 11 is 0. The molecule has 1 fully saturated rings. The van der Waals surface area contributed by atoms with Gasteiger partial charge in [-0.15, -0.1) is 0 Å². The molecule has 3 heteroatoms. The second-order valence-electron chi connectivity index (χ2n) is 10.7. The largest absolute Gasteiger partial charge is 0.465 e. The average Bonchev–Trinajstić information content (AvgIpc) is 2.52. The maximum atomic E-state index is 12.8. The van der Waals surface area contributed by atoms with Gasteiger partial charge in [0, 0.05) is 0 Å². The normalized spacial score (nSPS) is 28.7. The molecule has 1 rings (SSSR count). The van der Waals surface area contributed by atoms with Crippen LogP contribution in [0.5, 0.6) is 0 Å². The van der Waals surface area contributed by atoms with Gasteiger partial charge >= 0.3 is 5.97 Å². The van der Waals surface area contributed by atoms with Crippen LogP contribution in [0.3, 0.4) is 0 Å². The fourth-order valence-electron chi connectivity index (χ4n) is 4.41. The van der Waals surface area contributed by atoms with Crippen LogP contribution < -0.4 is 0 Å². The summed E-state index contributed by atoms with van der Waals surface area (Å²) in [6.45, 7) is 18.0. The van der Waals surface area contributed by atoms with Crippen molar-refractivity contribution in [1.82, 2.24) is 0 Å². The van der Waals surface area contributed by atoms with E-state index in [4.69, 9.17) is 4.74 Å². The van der Waals surface area contributed by atoms with Crippen molar-refractivity contribution in [3.63, 3.8) is 0 Å². The number of ether oxygens (including phenoxy) is 1. The Morgan fingerprint density at radius 3 is 1.92 bits per heavy atom. The van der Waals surface area contributed by atoms with Gasteiger partial charge in [-0.3, -0.25) is 4.79 Å². The molecule has 3 atom stereocenters. The van der Waals surface area contributed by atoms with Crippen LogP contribution in [-0.2, 0) is 9.53 Å². The van der Waals surface area contributed by atoms with Crippen LogP contribution in [0.1, 0.15) is 93.9 Å².